The van der Waals surface area contributed by atoms with E-state index >= 15 is 0 Å². The van der Waals surface area contributed by atoms with Crippen LogP contribution >= 0.6 is 67.6 Å². The second-order valence-electron chi connectivity index (χ2n) is 10.00. The van der Waals surface area contributed by atoms with Crippen molar-refractivity contribution in [3.05, 3.63) is 54.7 Å². The largest absolute Gasteiger partial charge is 0.496 e. The Hall–Kier alpha value is -2.55. The molecule has 1 aliphatic rings. The zero-order valence-corrected chi connectivity index (χ0v) is 35.5. The van der Waals surface area contributed by atoms with Gasteiger partial charge in [-0.2, -0.15) is 0 Å². The SMILES string of the molecule is CBr.CC(C)OC(=O)C(C(=O)OC(C)C)=C1SCCS1.CN=C=S.COc1cc(C)c(C(=O)c2c(OC)ccc(Br)c2C)c(OC)c1OC. The lowest BCUT2D eigenvalue weighted by atomic mass is 9.93. The van der Waals surface area contributed by atoms with Crippen molar-refractivity contribution in [3.8, 4) is 23.0 Å². The monoisotopic (exact) mass is 865 g/mol. The van der Waals surface area contributed by atoms with Crippen molar-refractivity contribution in [2.45, 2.75) is 53.8 Å². The van der Waals surface area contributed by atoms with Crippen molar-refractivity contribution in [1.29, 1.82) is 0 Å². The van der Waals surface area contributed by atoms with Crippen LogP contribution in [0.3, 0.4) is 0 Å². The number of thioether (sulfide) groups is 2. The molecule has 1 aliphatic heterocycles. The number of halogens is 2. The predicted molar refractivity (Wildman–Crippen MR) is 210 cm³/mol. The van der Waals surface area contributed by atoms with Gasteiger partial charge in [0.15, 0.2) is 17.1 Å². The molecule has 0 spiro atoms. The number of ether oxygens (including phenoxy) is 6. The lowest BCUT2D eigenvalue weighted by molar-refractivity contribution is -0.150. The fourth-order valence-corrected chi connectivity index (χ4v) is 6.87. The second-order valence-corrected chi connectivity index (χ2v) is 13.5. The maximum Gasteiger partial charge on any atom is 0.347 e. The molecule has 1 fully saturated rings. The van der Waals surface area contributed by atoms with Crippen LogP contribution in [0.2, 0.25) is 0 Å². The van der Waals surface area contributed by atoms with Crippen LogP contribution in [0.25, 0.3) is 0 Å². The molecule has 10 nitrogen and oxygen atoms in total. The Bertz CT molecular complexity index is 1480. The quantitative estimate of drug-likeness (QED) is 0.0333. The first-order valence-corrected chi connectivity index (χ1v) is 19.4. The molecule has 0 radical (unpaired) electrons. The van der Waals surface area contributed by atoms with Gasteiger partial charge in [-0.05, 0) is 88.9 Å². The number of nitrogens with zero attached hydrogens (tertiary/aromatic N) is 1. The van der Waals surface area contributed by atoms with Gasteiger partial charge in [-0.25, -0.2) is 14.6 Å². The van der Waals surface area contributed by atoms with Crippen LogP contribution in [0, 0.1) is 13.8 Å². The van der Waals surface area contributed by atoms with E-state index < -0.39 is 11.9 Å². The highest BCUT2D eigenvalue weighted by atomic mass is 79.9. The van der Waals surface area contributed by atoms with Gasteiger partial charge in [0.05, 0.1) is 61.2 Å². The van der Waals surface area contributed by atoms with Crippen molar-refractivity contribution in [3.63, 3.8) is 0 Å². The minimum atomic E-state index is -0.590. The zero-order chi connectivity index (χ0) is 37.8. The standard InChI is InChI=1S/C19H21BrO5.C12H18O4S2.C2H3NS.CH3Br/c1-10-9-14(23-4)18(24-5)19(25-6)15(10)17(21)16-11(2)12(20)7-8-13(16)22-3;1-7(2)15-10(13)9(11(14)16-8(3)4)12-17-5-6-18-12;1-3-2-4;1-2/h7-9H,1-6H3;7-8H,5-6H2,1-4H3;1H3;1H3. The number of aryl methyl sites for hydroxylation is 1. The van der Waals surface area contributed by atoms with Gasteiger partial charge in [0.2, 0.25) is 11.5 Å². The first-order valence-electron chi connectivity index (χ1n) is 14.7. The van der Waals surface area contributed by atoms with Gasteiger partial charge in [-0.15, -0.1) is 23.5 Å². The lowest BCUT2D eigenvalue weighted by Gasteiger charge is -2.19. The molecule has 0 N–H and O–H groups in total. The molecule has 1 saturated heterocycles. The van der Waals surface area contributed by atoms with Crippen molar-refractivity contribution < 1.29 is 42.8 Å². The average molecular weight is 868 g/mol. The number of esters is 2. The summed E-state index contributed by atoms with van der Waals surface area (Å²) in [4.78, 5) is 40.6. The van der Waals surface area contributed by atoms with Gasteiger partial charge < -0.3 is 28.4 Å². The maximum atomic E-state index is 13.4. The van der Waals surface area contributed by atoms with Gasteiger partial charge in [-0.1, -0.05) is 31.9 Å². The zero-order valence-electron chi connectivity index (χ0n) is 29.9. The normalized spacial score (nSPS) is 11.3. The third-order valence-electron chi connectivity index (χ3n) is 6.00. The van der Waals surface area contributed by atoms with E-state index in [2.05, 4.69) is 54.2 Å². The Morgan fingerprint density at radius 2 is 1.29 bits per heavy atom. The third-order valence-corrected chi connectivity index (χ3v) is 9.76. The molecular formula is C34H45Br2NO9S3. The molecule has 3 rings (SSSR count). The first-order chi connectivity index (χ1) is 23.2. The molecule has 15 heteroatoms. The van der Waals surface area contributed by atoms with Crippen LogP contribution in [-0.4, -0.2) is 87.9 Å². The molecule has 49 heavy (non-hydrogen) atoms. The Balaban J connectivity index is 0.000000841. The number of rotatable bonds is 10. The Labute approximate surface area is 320 Å². The predicted octanol–water partition coefficient (Wildman–Crippen LogP) is 8.64. The first kappa shape index (κ1) is 46.5. The highest BCUT2D eigenvalue weighted by Crippen LogP contribution is 2.44. The van der Waals surface area contributed by atoms with Gasteiger partial charge in [0.25, 0.3) is 0 Å². The highest BCUT2D eigenvalue weighted by Gasteiger charge is 2.30. The van der Waals surface area contributed by atoms with E-state index in [4.69, 9.17) is 28.4 Å². The van der Waals surface area contributed by atoms with Crippen LogP contribution in [0.1, 0.15) is 54.7 Å². The van der Waals surface area contributed by atoms with Crippen molar-refractivity contribution >= 4 is 90.5 Å². The van der Waals surface area contributed by atoms with Gasteiger partial charge >= 0.3 is 11.9 Å². The highest BCUT2D eigenvalue weighted by molar-refractivity contribution is 9.10. The van der Waals surface area contributed by atoms with Crippen molar-refractivity contribution in [2.24, 2.45) is 4.99 Å². The summed E-state index contributed by atoms with van der Waals surface area (Å²) < 4.78 is 33.4. The Kier molecular flexibility index (Phi) is 23.3. The number of ketones is 1. The van der Waals surface area contributed by atoms with E-state index in [0.29, 0.717) is 38.4 Å². The number of aliphatic imine (C=N–C) groups is 1. The number of carbonyl (C=O) groups is 3. The number of alkyl halides is 1. The average Bonchev–Trinajstić information content (AvgIpc) is 3.59. The molecule has 0 bridgehead atoms. The number of methoxy groups -OCH3 is 4. The molecule has 1 heterocycles. The fraction of sp³-hybridized carbons (Fsp3) is 0.471. The topological polar surface area (TPSA) is 119 Å². The summed E-state index contributed by atoms with van der Waals surface area (Å²) in [5, 5.41) is 2.14. The summed E-state index contributed by atoms with van der Waals surface area (Å²) in [6.45, 7) is 10.7. The molecule has 272 valence electrons. The minimum Gasteiger partial charge on any atom is -0.496 e. The smallest absolute Gasteiger partial charge is 0.347 e. The number of carbonyl (C=O) groups excluding carboxylic acids is 3. The second kappa shape index (κ2) is 24.6. The summed E-state index contributed by atoms with van der Waals surface area (Å²) in [6.07, 6.45) is -0.507. The van der Waals surface area contributed by atoms with E-state index in [1.807, 2.05) is 25.7 Å². The van der Waals surface area contributed by atoms with E-state index in [0.717, 1.165) is 27.1 Å². The summed E-state index contributed by atoms with van der Waals surface area (Å²) in [6, 6.07) is 5.37. The van der Waals surface area contributed by atoms with E-state index in [-0.39, 0.29) is 23.6 Å². The van der Waals surface area contributed by atoms with Crippen LogP contribution < -0.4 is 18.9 Å². The third kappa shape index (κ3) is 13.9. The molecule has 2 aromatic carbocycles. The number of hydrogen-bond donors (Lipinski definition) is 0. The molecule has 0 amide bonds. The number of isothiocyanates is 1. The van der Waals surface area contributed by atoms with Gasteiger partial charge in [-0.3, -0.25) is 4.79 Å². The molecule has 0 aromatic heterocycles. The van der Waals surface area contributed by atoms with Crippen LogP contribution in [-0.2, 0) is 19.1 Å². The Morgan fingerprint density at radius 1 is 0.816 bits per heavy atom. The van der Waals surface area contributed by atoms with Gasteiger partial charge in [0.1, 0.15) is 5.75 Å². The number of hydrogen-bond acceptors (Lipinski definition) is 13. The number of benzene rings is 2. The van der Waals surface area contributed by atoms with Crippen LogP contribution in [0.4, 0.5) is 0 Å². The lowest BCUT2D eigenvalue weighted by Crippen LogP contribution is -2.23. The molecule has 2 aromatic rings. The van der Waals surface area contributed by atoms with Crippen molar-refractivity contribution in [1.82, 2.24) is 0 Å². The fourth-order valence-electron chi connectivity index (χ4n) is 4.05. The number of thiocarbonyl (C=S) groups is 1. The molecular weight excluding hydrogens is 822 g/mol. The van der Waals surface area contributed by atoms with Crippen LogP contribution in [0.5, 0.6) is 23.0 Å². The summed E-state index contributed by atoms with van der Waals surface area (Å²) in [5.41, 5.74) is 2.46. The van der Waals surface area contributed by atoms with E-state index in [1.54, 1.807) is 54.0 Å². The summed E-state index contributed by atoms with van der Waals surface area (Å²) >= 11 is 13.6. The summed E-state index contributed by atoms with van der Waals surface area (Å²) in [7, 11) is 7.68. The molecule has 0 aliphatic carbocycles. The van der Waals surface area contributed by atoms with E-state index in [1.165, 1.54) is 44.9 Å². The minimum absolute atomic E-state index is 0.0462. The summed E-state index contributed by atoms with van der Waals surface area (Å²) in [5.74, 6) is 3.95. The Morgan fingerprint density at radius 3 is 1.67 bits per heavy atom. The molecule has 0 unspecified atom stereocenters. The maximum absolute atomic E-state index is 13.4. The molecule has 0 atom stereocenters. The van der Waals surface area contributed by atoms with Gasteiger partial charge in [0, 0.05) is 23.0 Å². The van der Waals surface area contributed by atoms with Crippen LogP contribution in [0.15, 0.2) is 37.5 Å². The molecule has 0 saturated carbocycles. The van der Waals surface area contributed by atoms with Crippen molar-refractivity contribution in [2.75, 3.05) is 52.8 Å². The van der Waals surface area contributed by atoms with E-state index in [9.17, 15) is 14.4 Å².